The number of epoxide rings is 1. The van der Waals surface area contributed by atoms with E-state index >= 15 is 0 Å². The van der Waals surface area contributed by atoms with Gasteiger partial charge in [-0.2, -0.15) is 4.58 Å². The van der Waals surface area contributed by atoms with Crippen LogP contribution in [0.3, 0.4) is 0 Å². The molecule has 1 aromatic rings. The minimum atomic E-state index is 0.422. The maximum atomic E-state index is 5.67. The van der Waals surface area contributed by atoms with Crippen LogP contribution < -0.4 is 0 Å². The van der Waals surface area contributed by atoms with E-state index in [4.69, 9.17) is 9.47 Å². The van der Waals surface area contributed by atoms with E-state index in [0.717, 1.165) is 37.8 Å². The second kappa shape index (κ2) is 3.66. The van der Waals surface area contributed by atoms with E-state index in [9.17, 15) is 0 Å². The molecule has 15 heavy (non-hydrogen) atoms. The fourth-order valence-corrected chi connectivity index (χ4v) is 1.89. The zero-order valence-corrected chi connectivity index (χ0v) is 8.56. The minimum Gasteiger partial charge on any atom is -0.438 e. The van der Waals surface area contributed by atoms with Gasteiger partial charge in [0.15, 0.2) is 19.7 Å². The molecular formula is C12H14NO2+. The average Bonchev–Trinajstić information content (AvgIpc) is 2.96. The second-order valence-corrected chi connectivity index (χ2v) is 3.92. The maximum absolute atomic E-state index is 5.67. The van der Waals surface area contributed by atoms with Crippen LogP contribution in [0.5, 0.6) is 0 Å². The Labute approximate surface area is 88.9 Å². The zero-order chi connectivity index (χ0) is 10.1. The van der Waals surface area contributed by atoms with Gasteiger partial charge in [-0.25, -0.2) is 0 Å². The van der Waals surface area contributed by atoms with Gasteiger partial charge < -0.3 is 9.47 Å². The van der Waals surface area contributed by atoms with Gasteiger partial charge in [-0.1, -0.05) is 18.2 Å². The SMILES string of the molecule is c1ccc(C2=[N+](CC3CO3)CCO2)cc1. The Hall–Kier alpha value is -1.35. The molecule has 2 aliphatic heterocycles. The first-order valence-corrected chi connectivity index (χ1v) is 5.35. The number of nitrogens with zero attached hydrogens (tertiary/aromatic N) is 1. The van der Waals surface area contributed by atoms with Crippen LogP contribution in [0.1, 0.15) is 5.56 Å². The Morgan fingerprint density at radius 3 is 2.80 bits per heavy atom. The summed E-state index contributed by atoms with van der Waals surface area (Å²) >= 11 is 0. The van der Waals surface area contributed by atoms with Gasteiger partial charge in [0.1, 0.15) is 6.10 Å². The second-order valence-electron chi connectivity index (χ2n) is 3.92. The van der Waals surface area contributed by atoms with Gasteiger partial charge >= 0.3 is 5.90 Å². The topological polar surface area (TPSA) is 24.8 Å². The van der Waals surface area contributed by atoms with Crippen molar-refractivity contribution < 1.29 is 14.0 Å². The van der Waals surface area contributed by atoms with E-state index < -0.39 is 0 Å². The summed E-state index contributed by atoms with van der Waals surface area (Å²) < 4.78 is 13.2. The summed E-state index contributed by atoms with van der Waals surface area (Å²) in [6.07, 6.45) is 0.422. The van der Waals surface area contributed by atoms with Gasteiger partial charge in [0, 0.05) is 0 Å². The predicted octanol–water partition coefficient (Wildman–Crippen LogP) is 0.875. The number of benzene rings is 1. The van der Waals surface area contributed by atoms with Crippen LogP contribution >= 0.6 is 0 Å². The predicted molar refractivity (Wildman–Crippen MR) is 56.2 cm³/mol. The molecule has 0 radical (unpaired) electrons. The van der Waals surface area contributed by atoms with Gasteiger partial charge in [-0.15, -0.1) is 0 Å². The molecule has 0 amide bonds. The van der Waals surface area contributed by atoms with E-state index in [1.807, 2.05) is 18.2 Å². The molecular weight excluding hydrogens is 190 g/mol. The molecule has 1 saturated heterocycles. The normalized spacial score (nSPS) is 24.1. The third-order valence-corrected chi connectivity index (χ3v) is 2.73. The molecule has 0 aliphatic carbocycles. The lowest BCUT2D eigenvalue weighted by Crippen LogP contribution is -2.21. The van der Waals surface area contributed by atoms with E-state index in [1.54, 1.807) is 0 Å². The van der Waals surface area contributed by atoms with Crippen molar-refractivity contribution in [1.82, 2.24) is 0 Å². The quantitative estimate of drug-likeness (QED) is 0.539. The van der Waals surface area contributed by atoms with Crippen molar-refractivity contribution in [3.63, 3.8) is 0 Å². The molecule has 1 fully saturated rings. The van der Waals surface area contributed by atoms with E-state index in [-0.39, 0.29) is 0 Å². The third kappa shape index (κ3) is 1.88. The molecule has 78 valence electrons. The fourth-order valence-electron chi connectivity index (χ4n) is 1.89. The highest BCUT2D eigenvalue weighted by atomic mass is 16.6. The van der Waals surface area contributed by atoms with E-state index in [2.05, 4.69) is 16.7 Å². The molecule has 0 aromatic heterocycles. The first kappa shape index (κ1) is 8.92. The third-order valence-electron chi connectivity index (χ3n) is 2.73. The lowest BCUT2D eigenvalue weighted by Gasteiger charge is -1.98. The van der Waals surface area contributed by atoms with Gasteiger partial charge in [-0.05, 0) is 12.1 Å². The van der Waals surface area contributed by atoms with Gasteiger partial charge in [-0.3, -0.25) is 0 Å². The van der Waals surface area contributed by atoms with Crippen molar-refractivity contribution in [3.8, 4) is 0 Å². The van der Waals surface area contributed by atoms with Crippen LogP contribution in [0, 0.1) is 0 Å². The summed E-state index contributed by atoms with van der Waals surface area (Å²) in [5, 5.41) is 0. The molecule has 0 saturated carbocycles. The Kier molecular flexibility index (Phi) is 2.18. The largest absolute Gasteiger partial charge is 0.438 e. The fraction of sp³-hybridized carbons (Fsp3) is 0.417. The molecule has 2 heterocycles. The van der Waals surface area contributed by atoms with Gasteiger partial charge in [0.25, 0.3) is 0 Å². The monoisotopic (exact) mass is 204 g/mol. The minimum absolute atomic E-state index is 0.422. The van der Waals surface area contributed by atoms with Crippen molar-refractivity contribution in [1.29, 1.82) is 0 Å². The van der Waals surface area contributed by atoms with Crippen LogP contribution in [0.2, 0.25) is 0 Å². The van der Waals surface area contributed by atoms with Crippen molar-refractivity contribution in [2.75, 3.05) is 26.3 Å². The Bertz CT molecular complexity index is 382. The summed E-state index contributed by atoms with van der Waals surface area (Å²) in [5.41, 5.74) is 1.16. The first-order chi connectivity index (χ1) is 7.43. The molecule has 3 rings (SSSR count). The molecule has 0 bridgehead atoms. The van der Waals surface area contributed by atoms with Crippen LogP contribution in [0.25, 0.3) is 0 Å². The molecule has 0 N–H and O–H groups in total. The standard InChI is InChI=1S/C12H14NO2/c1-2-4-10(5-3-1)12-13(6-7-14-12)8-11-9-15-11/h1-5,11H,6-9H2/q+1. The van der Waals surface area contributed by atoms with Gasteiger partial charge in [0.05, 0.1) is 12.2 Å². The highest BCUT2D eigenvalue weighted by Crippen LogP contribution is 2.13. The Morgan fingerprint density at radius 2 is 2.07 bits per heavy atom. The number of ether oxygens (including phenoxy) is 2. The van der Waals surface area contributed by atoms with Crippen LogP contribution in [-0.4, -0.2) is 42.9 Å². The molecule has 3 heteroatoms. The zero-order valence-electron chi connectivity index (χ0n) is 8.56. The van der Waals surface area contributed by atoms with Crippen molar-refractivity contribution in [3.05, 3.63) is 35.9 Å². The van der Waals surface area contributed by atoms with E-state index in [1.165, 1.54) is 0 Å². The number of hydrogen-bond acceptors (Lipinski definition) is 2. The van der Waals surface area contributed by atoms with Crippen LogP contribution in [0.15, 0.2) is 30.3 Å². The molecule has 1 aromatic carbocycles. The summed E-state index contributed by atoms with van der Waals surface area (Å²) in [5.74, 6) is 1.01. The molecule has 0 spiro atoms. The molecule has 3 nitrogen and oxygen atoms in total. The smallest absolute Gasteiger partial charge is 0.370 e. The van der Waals surface area contributed by atoms with Crippen molar-refractivity contribution in [2.24, 2.45) is 0 Å². The van der Waals surface area contributed by atoms with Crippen LogP contribution in [-0.2, 0) is 9.47 Å². The first-order valence-electron chi connectivity index (χ1n) is 5.35. The molecule has 2 aliphatic rings. The molecule has 1 atom stereocenters. The summed E-state index contributed by atoms with van der Waals surface area (Å²) in [6.45, 7) is 3.63. The van der Waals surface area contributed by atoms with Crippen molar-refractivity contribution >= 4 is 5.90 Å². The summed E-state index contributed by atoms with van der Waals surface area (Å²) in [6, 6.07) is 10.3. The lowest BCUT2D eigenvalue weighted by molar-refractivity contribution is -0.519. The number of hydrogen-bond donors (Lipinski definition) is 0. The van der Waals surface area contributed by atoms with Crippen LogP contribution in [0.4, 0.5) is 0 Å². The maximum Gasteiger partial charge on any atom is 0.370 e. The highest BCUT2D eigenvalue weighted by Gasteiger charge is 2.33. The highest BCUT2D eigenvalue weighted by molar-refractivity contribution is 5.90. The number of rotatable bonds is 3. The summed E-state index contributed by atoms with van der Waals surface area (Å²) in [4.78, 5) is 0. The summed E-state index contributed by atoms with van der Waals surface area (Å²) in [7, 11) is 0. The Balaban J connectivity index is 1.88. The Morgan fingerprint density at radius 1 is 1.27 bits per heavy atom. The van der Waals surface area contributed by atoms with Crippen molar-refractivity contribution in [2.45, 2.75) is 6.10 Å². The molecule has 1 unspecified atom stereocenters. The van der Waals surface area contributed by atoms with Gasteiger partial charge in [0.2, 0.25) is 0 Å². The average molecular weight is 204 g/mol. The lowest BCUT2D eigenvalue weighted by atomic mass is 10.2. The van der Waals surface area contributed by atoms with E-state index in [0.29, 0.717) is 6.10 Å².